The molecule has 0 unspecified atom stereocenters. The summed E-state index contributed by atoms with van der Waals surface area (Å²) in [5, 5.41) is 11.9. The molecule has 6 nitrogen and oxygen atoms in total. The first-order valence-corrected chi connectivity index (χ1v) is 12.2. The molecule has 0 aliphatic carbocycles. The Morgan fingerprint density at radius 3 is 2.46 bits per heavy atom. The normalized spacial score (nSPS) is 14.6. The number of fused-ring (bicyclic) bond motifs is 2. The van der Waals surface area contributed by atoms with E-state index in [-0.39, 0.29) is 17.3 Å². The third-order valence-electron chi connectivity index (χ3n) is 6.36. The van der Waals surface area contributed by atoms with Gasteiger partial charge in [-0.05, 0) is 54.7 Å². The number of phenols is 1. The molecule has 0 saturated carbocycles. The highest BCUT2D eigenvalue weighted by molar-refractivity contribution is 6.16. The fourth-order valence-electron chi connectivity index (χ4n) is 4.98. The van der Waals surface area contributed by atoms with Crippen molar-refractivity contribution in [2.24, 2.45) is 18.9 Å². The smallest absolute Gasteiger partial charge is 0.232 e. The van der Waals surface area contributed by atoms with Crippen molar-refractivity contribution in [3.8, 4) is 17.2 Å². The van der Waals surface area contributed by atoms with Gasteiger partial charge in [0.2, 0.25) is 5.78 Å². The van der Waals surface area contributed by atoms with Crippen molar-refractivity contribution >= 4 is 22.8 Å². The van der Waals surface area contributed by atoms with Gasteiger partial charge in [-0.2, -0.15) is 0 Å². The van der Waals surface area contributed by atoms with E-state index < -0.39 is 0 Å². The Bertz CT molecular complexity index is 1290. The quantitative estimate of drug-likeness (QED) is 0.408. The summed E-state index contributed by atoms with van der Waals surface area (Å²) in [6, 6.07) is 7.57. The van der Waals surface area contributed by atoms with E-state index in [9.17, 15) is 9.90 Å². The van der Waals surface area contributed by atoms with E-state index in [0.29, 0.717) is 40.8 Å². The minimum Gasteiger partial charge on any atom is -0.507 e. The lowest BCUT2D eigenvalue weighted by molar-refractivity contribution is 0.101. The molecule has 6 heteroatoms. The number of aromatic hydroxyl groups is 1. The molecule has 1 N–H and O–H groups in total. The summed E-state index contributed by atoms with van der Waals surface area (Å²) < 4.78 is 13.6. The maximum Gasteiger partial charge on any atom is 0.232 e. The maximum absolute atomic E-state index is 13.5. The van der Waals surface area contributed by atoms with Crippen LogP contribution >= 0.6 is 0 Å². The topological polar surface area (TPSA) is 63.9 Å². The zero-order valence-corrected chi connectivity index (χ0v) is 21.8. The second-order valence-electron chi connectivity index (χ2n) is 10.4. The van der Waals surface area contributed by atoms with Crippen molar-refractivity contribution in [2.45, 2.75) is 41.2 Å². The molecule has 1 aliphatic heterocycles. The molecule has 186 valence electrons. The number of aryl methyl sites for hydroxylation is 2. The predicted octanol–water partition coefficient (Wildman–Crippen LogP) is 5.93. The average Bonchev–Trinajstić information content (AvgIpc) is 3.27. The van der Waals surface area contributed by atoms with Gasteiger partial charge in [0.25, 0.3) is 0 Å². The third kappa shape index (κ3) is 4.94. The Morgan fingerprint density at radius 1 is 1.14 bits per heavy atom. The van der Waals surface area contributed by atoms with E-state index in [2.05, 4.69) is 32.6 Å². The number of allylic oxidation sites excluding steroid dienone is 1. The number of Topliss-reactive ketones (excluding diaryl/α,β-unsaturated/α-hetero) is 1. The molecule has 0 fully saturated rings. The number of phenolic OH excluding ortho intramolecular Hbond substituents is 1. The van der Waals surface area contributed by atoms with Crippen LogP contribution in [0.25, 0.3) is 17.0 Å². The molecule has 0 saturated heterocycles. The van der Waals surface area contributed by atoms with E-state index in [4.69, 9.17) is 9.47 Å². The van der Waals surface area contributed by atoms with Crippen molar-refractivity contribution in [3.63, 3.8) is 0 Å². The van der Waals surface area contributed by atoms with Gasteiger partial charge in [-0.3, -0.25) is 9.69 Å². The molecule has 0 spiro atoms. The number of rotatable bonds is 8. The number of carbonyl (C=O) groups is 1. The SMILES string of the molecule is COc1ccc2c(c1)c(/C=C1/Oc3c(CN(CC(C)C)CC(C)C)c(O)cc(C)c3C1=O)cn2C. The highest BCUT2D eigenvalue weighted by Gasteiger charge is 2.34. The minimum absolute atomic E-state index is 0.155. The third-order valence-corrected chi connectivity index (χ3v) is 6.36. The van der Waals surface area contributed by atoms with E-state index in [1.807, 2.05) is 42.9 Å². The van der Waals surface area contributed by atoms with Crippen molar-refractivity contribution in [2.75, 3.05) is 20.2 Å². The summed E-state index contributed by atoms with van der Waals surface area (Å²) in [6.45, 7) is 12.9. The summed E-state index contributed by atoms with van der Waals surface area (Å²) in [5.41, 5.74) is 3.84. The second-order valence-corrected chi connectivity index (χ2v) is 10.4. The predicted molar refractivity (Wildman–Crippen MR) is 140 cm³/mol. The number of hydrogen-bond acceptors (Lipinski definition) is 5. The molecule has 1 aliphatic rings. The Labute approximate surface area is 207 Å². The van der Waals surface area contributed by atoms with Gasteiger partial charge in [0, 0.05) is 49.3 Å². The van der Waals surface area contributed by atoms with Gasteiger partial charge >= 0.3 is 0 Å². The molecule has 1 aromatic heterocycles. The number of ether oxygens (including phenoxy) is 2. The van der Waals surface area contributed by atoms with Crippen LogP contribution in [0.5, 0.6) is 17.2 Å². The highest BCUT2D eigenvalue weighted by atomic mass is 16.5. The number of ketones is 1. The molecule has 0 amide bonds. The van der Waals surface area contributed by atoms with Crippen LogP contribution < -0.4 is 9.47 Å². The Hall–Kier alpha value is -3.25. The van der Waals surface area contributed by atoms with Crippen LogP contribution in [-0.4, -0.2) is 40.6 Å². The molecular formula is C29H36N2O4. The summed E-state index contributed by atoms with van der Waals surface area (Å²) in [7, 11) is 3.61. The molecule has 0 bridgehead atoms. The van der Waals surface area contributed by atoms with Gasteiger partial charge in [0.1, 0.15) is 17.2 Å². The molecule has 2 aromatic carbocycles. The van der Waals surface area contributed by atoms with E-state index >= 15 is 0 Å². The van der Waals surface area contributed by atoms with Crippen LogP contribution in [0.2, 0.25) is 0 Å². The first-order chi connectivity index (χ1) is 16.6. The Morgan fingerprint density at radius 2 is 1.83 bits per heavy atom. The number of nitrogens with zero attached hydrogens (tertiary/aromatic N) is 2. The monoisotopic (exact) mass is 476 g/mol. The average molecular weight is 477 g/mol. The fraction of sp³-hybridized carbons (Fsp3) is 0.414. The molecule has 0 radical (unpaired) electrons. The van der Waals surface area contributed by atoms with Crippen LogP contribution in [0.3, 0.4) is 0 Å². The van der Waals surface area contributed by atoms with E-state index in [1.165, 1.54) is 0 Å². The van der Waals surface area contributed by atoms with Gasteiger partial charge in [-0.25, -0.2) is 0 Å². The number of benzene rings is 2. The lowest BCUT2D eigenvalue weighted by Gasteiger charge is -2.27. The van der Waals surface area contributed by atoms with Crippen LogP contribution in [0, 0.1) is 18.8 Å². The van der Waals surface area contributed by atoms with Crippen LogP contribution in [0.1, 0.15) is 54.7 Å². The highest BCUT2D eigenvalue weighted by Crippen LogP contribution is 2.43. The molecule has 0 atom stereocenters. The molecule has 3 aromatic rings. The minimum atomic E-state index is -0.155. The summed E-state index contributed by atoms with van der Waals surface area (Å²) in [6.07, 6.45) is 3.78. The van der Waals surface area contributed by atoms with Crippen molar-refractivity contribution < 1.29 is 19.4 Å². The lowest BCUT2D eigenvalue weighted by atomic mass is 9.98. The zero-order valence-electron chi connectivity index (χ0n) is 21.8. The first kappa shape index (κ1) is 24.9. The van der Waals surface area contributed by atoms with Gasteiger partial charge < -0.3 is 19.1 Å². The van der Waals surface area contributed by atoms with Crippen LogP contribution in [0.15, 0.2) is 36.2 Å². The maximum atomic E-state index is 13.5. The molecule has 4 rings (SSSR count). The van der Waals surface area contributed by atoms with Gasteiger partial charge in [0.15, 0.2) is 5.76 Å². The summed E-state index contributed by atoms with van der Waals surface area (Å²) in [4.78, 5) is 15.8. The van der Waals surface area contributed by atoms with Crippen molar-refractivity contribution in [3.05, 3.63) is 58.5 Å². The number of methoxy groups -OCH3 is 1. The number of hydrogen-bond donors (Lipinski definition) is 1. The first-order valence-electron chi connectivity index (χ1n) is 12.2. The second kappa shape index (κ2) is 9.78. The number of aromatic nitrogens is 1. The lowest BCUT2D eigenvalue weighted by Crippen LogP contribution is -2.31. The van der Waals surface area contributed by atoms with Gasteiger partial charge in [-0.1, -0.05) is 27.7 Å². The van der Waals surface area contributed by atoms with Crippen molar-refractivity contribution in [1.29, 1.82) is 0 Å². The van der Waals surface area contributed by atoms with Crippen molar-refractivity contribution in [1.82, 2.24) is 9.47 Å². The standard InChI is InChI=1S/C29H36N2O4/c1-17(2)13-31(14-18(3)4)16-23-25(32)10-19(5)27-28(33)26(35-29(23)27)11-20-15-30(6)24-9-8-21(34-7)12-22(20)24/h8-12,15,17-18,32H,13-14,16H2,1-7H3/b26-11+. The van der Waals surface area contributed by atoms with Crippen LogP contribution in [0.4, 0.5) is 0 Å². The summed E-state index contributed by atoms with van der Waals surface area (Å²) in [5.74, 6) is 2.48. The molecule has 35 heavy (non-hydrogen) atoms. The van der Waals surface area contributed by atoms with E-state index in [1.54, 1.807) is 19.3 Å². The summed E-state index contributed by atoms with van der Waals surface area (Å²) >= 11 is 0. The van der Waals surface area contributed by atoms with Gasteiger partial charge in [0.05, 0.1) is 18.2 Å². The number of carbonyl (C=O) groups excluding carboxylic acids is 1. The fourth-order valence-corrected chi connectivity index (χ4v) is 4.98. The molecular weight excluding hydrogens is 440 g/mol. The Kier molecular flexibility index (Phi) is 6.95. The largest absolute Gasteiger partial charge is 0.507 e. The molecule has 2 heterocycles. The van der Waals surface area contributed by atoms with Crippen LogP contribution in [-0.2, 0) is 13.6 Å². The van der Waals surface area contributed by atoms with Gasteiger partial charge in [-0.15, -0.1) is 0 Å². The zero-order chi connectivity index (χ0) is 25.4. The van der Waals surface area contributed by atoms with E-state index in [0.717, 1.165) is 35.3 Å². The Balaban J connectivity index is 1.75.